The quantitative estimate of drug-likeness (QED) is 0.621. The number of halogens is 3. The molecule has 0 aliphatic carbocycles. The fourth-order valence-electron chi connectivity index (χ4n) is 2.58. The number of nitrogens with zero attached hydrogens (tertiary/aromatic N) is 5. The molecule has 3 aromatic heterocycles. The number of aryl methyl sites for hydroxylation is 1. The first-order chi connectivity index (χ1) is 14.2. The zero-order valence-corrected chi connectivity index (χ0v) is 16.4. The van der Waals surface area contributed by atoms with Gasteiger partial charge in [-0.3, -0.25) is 14.5 Å². The minimum Gasteiger partial charge on any atom is -0.375 e. The molecule has 0 aliphatic heterocycles. The van der Waals surface area contributed by atoms with Gasteiger partial charge in [0.15, 0.2) is 5.69 Å². The lowest BCUT2D eigenvalue weighted by molar-refractivity contribution is -0.141. The van der Waals surface area contributed by atoms with Gasteiger partial charge in [0, 0.05) is 31.5 Å². The molecule has 9 nitrogen and oxygen atoms in total. The lowest BCUT2D eigenvalue weighted by Gasteiger charge is -2.09. The summed E-state index contributed by atoms with van der Waals surface area (Å²) in [5.74, 6) is -0.374. The molecule has 0 aliphatic rings. The van der Waals surface area contributed by atoms with E-state index in [-0.39, 0.29) is 17.4 Å². The summed E-state index contributed by atoms with van der Waals surface area (Å²) in [5.41, 5.74) is -0.0551. The Morgan fingerprint density at radius 2 is 2.13 bits per heavy atom. The van der Waals surface area contributed by atoms with Crippen molar-refractivity contribution in [2.45, 2.75) is 32.7 Å². The molecule has 0 unspecified atom stereocenters. The van der Waals surface area contributed by atoms with Crippen LogP contribution in [0.4, 0.5) is 13.2 Å². The van der Waals surface area contributed by atoms with Gasteiger partial charge in [-0.15, -0.1) is 0 Å². The van der Waals surface area contributed by atoms with Gasteiger partial charge >= 0.3 is 6.18 Å². The summed E-state index contributed by atoms with van der Waals surface area (Å²) in [7, 11) is 1.25. The second-order valence-electron chi connectivity index (χ2n) is 6.36. The number of alkyl halides is 3. The average Bonchev–Trinajstić information content (AvgIpc) is 3.33. The fourth-order valence-corrected chi connectivity index (χ4v) is 2.58. The molecule has 0 aromatic carbocycles. The zero-order chi connectivity index (χ0) is 21.9. The number of rotatable bonds is 7. The minimum atomic E-state index is -4.64. The van der Waals surface area contributed by atoms with E-state index in [4.69, 9.17) is 9.26 Å². The second kappa shape index (κ2) is 8.61. The van der Waals surface area contributed by atoms with E-state index in [0.717, 1.165) is 4.68 Å². The number of nitrogens with one attached hydrogen (secondary N) is 1. The summed E-state index contributed by atoms with van der Waals surface area (Å²) in [6, 6.07) is 3.38. The van der Waals surface area contributed by atoms with Crippen LogP contribution in [-0.4, -0.2) is 37.4 Å². The number of carbonyl (C=O) groups excluding carboxylic acids is 1. The Balaban J connectivity index is 1.72. The molecular formula is C18H19F3N6O3. The highest BCUT2D eigenvalue weighted by molar-refractivity contribution is 5.92. The van der Waals surface area contributed by atoms with Crippen LogP contribution in [-0.2, 0) is 24.6 Å². The average molecular weight is 424 g/mol. The topological polar surface area (TPSA) is 108 Å². The van der Waals surface area contributed by atoms with Crippen molar-refractivity contribution in [2.75, 3.05) is 6.61 Å². The Morgan fingerprint density at radius 3 is 2.80 bits per heavy atom. The number of pyridine rings is 1. The normalized spacial score (nSPS) is 12.7. The SMILES string of the molecule is CCOCc1cc(-c2noc([C@H](C)NC(=O)c3cc(C(F)(F)F)nn3C)n2)ccn1. The Bertz CT molecular complexity index is 1030. The summed E-state index contributed by atoms with van der Waals surface area (Å²) >= 11 is 0. The highest BCUT2D eigenvalue weighted by Crippen LogP contribution is 2.28. The molecule has 3 rings (SSSR count). The molecule has 1 amide bonds. The predicted octanol–water partition coefficient (Wildman–Crippen LogP) is 2.91. The van der Waals surface area contributed by atoms with Crippen LogP contribution < -0.4 is 5.32 Å². The van der Waals surface area contributed by atoms with Gasteiger partial charge in [0.1, 0.15) is 11.7 Å². The van der Waals surface area contributed by atoms with Crippen molar-refractivity contribution in [1.82, 2.24) is 30.2 Å². The van der Waals surface area contributed by atoms with Crippen molar-refractivity contribution in [3.8, 4) is 11.4 Å². The van der Waals surface area contributed by atoms with Crippen molar-refractivity contribution in [2.24, 2.45) is 7.05 Å². The minimum absolute atomic E-state index is 0.0970. The molecule has 0 radical (unpaired) electrons. The van der Waals surface area contributed by atoms with Crippen molar-refractivity contribution >= 4 is 5.91 Å². The van der Waals surface area contributed by atoms with Gasteiger partial charge in [-0.1, -0.05) is 5.16 Å². The van der Waals surface area contributed by atoms with Gasteiger partial charge < -0.3 is 14.6 Å². The Hall–Kier alpha value is -3.28. The first kappa shape index (κ1) is 21.4. The van der Waals surface area contributed by atoms with E-state index in [1.165, 1.54) is 7.05 Å². The van der Waals surface area contributed by atoms with Gasteiger partial charge in [0.2, 0.25) is 11.7 Å². The van der Waals surface area contributed by atoms with Crippen LogP contribution in [0.1, 0.15) is 47.7 Å². The molecule has 12 heteroatoms. The van der Waals surface area contributed by atoms with Gasteiger partial charge in [0.05, 0.1) is 12.3 Å². The number of carbonyl (C=O) groups is 1. The molecule has 0 saturated heterocycles. The van der Waals surface area contributed by atoms with Crippen LogP contribution in [0, 0.1) is 0 Å². The molecule has 3 aromatic rings. The molecule has 30 heavy (non-hydrogen) atoms. The standard InChI is InChI=1S/C18H19F3N6O3/c1-4-29-9-12-7-11(5-6-22-12)15-24-17(30-26-15)10(2)23-16(28)13-8-14(18(19,20)21)25-27(13)3/h5-8,10H,4,9H2,1-3H3,(H,23,28)/t10-/m0/s1. The molecule has 0 saturated carbocycles. The molecule has 0 spiro atoms. The Kier molecular flexibility index (Phi) is 6.15. The Morgan fingerprint density at radius 1 is 1.37 bits per heavy atom. The van der Waals surface area contributed by atoms with E-state index >= 15 is 0 Å². The molecule has 1 N–H and O–H groups in total. The molecule has 160 valence electrons. The second-order valence-corrected chi connectivity index (χ2v) is 6.36. The molecule has 0 bridgehead atoms. The molecular weight excluding hydrogens is 405 g/mol. The van der Waals surface area contributed by atoms with Crippen molar-refractivity contribution in [3.63, 3.8) is 0 Å². The van der Waals surface area contributed by atoms with E-state index in [2.05, 4.69) is 25.5 Å². The molecule has 3 heterocycles. The third kappa shape index (κ3) is 4.82. The van der Waals surface area contributed by atoms with E-state index in [0.29, 0.717) is 30.5 Å². The van der Waals surface area contributed by atoms with Crippen LogP contribution in [0.25, 0.3) is 11.4 Å². The van der Waals surface area contributed by atoms with Gasteiger partial charge in [-0.2, -0.15) is 23.3 Å². The first-order valence-corrected chi connectivity index (χ1v) is 8.97. The summed E-state index contributed by atoms with van der Waals surface area (Å²) in [6.45, 7) is 4.34. The van der Waals surface area contributed by atoms with Crippen LogP contribution in [0.2, 0.25) is 0 Å². The highest BCUT2D eigenvalue weighted by atomic mass is 19.4. The molecule has 0 fully saturated rings. The predicted molar refractivity (Wildman–Crippen MR) is 97.0 cm³/mol. The van der Waals surface area contributed by atoms with Gasteiger partial charge in [-0.05, 0) is 26.0 Å². The Labute approximate surface area is 169 Å². The lowest BCUT2D eigenvalue weighted by Crippen LogP contribution is -2.28. The maximum Gasteiger partial charge on any atom is 0.435 e. The summed E-state index contributed by atoms with van der Waals surface area (Å²) in [4.78, 5) is 20.8. The number of amides is 1. The monoisotopic (exact) mass is 424 g/mol. The van der Waals surface area contributed by atoms with Crippen molar-refractivity contribution in [3.05, 3.63) is 47.4 Å². The maximum absolute atomic E-state index is 12.8. The third-order valence-electron chi connectivity index (χ3n) is 4.09. The van der Waals surface area contributed by atoms with Crippen LogP contribution >= 0.6 is 0 Å². The van der Waals surface area contributed by atoms with Gasteiger partial charge in [0.25, 0.3) is 5.91 Å². The van der Waals surface area contributed by atoms with Crippen molar-refractivity contribution in [1.29, 1.82) is 0 Å². The van der Waals surface area contributed by atoms with E-state index in [1.807, 2.05) is 6.92 Å². The number of hydrogen-bond acceptors (Lipinski definition) is 7. The summed E-state index contributed by atoms with van der Waals surface area (Å²) < 4.78 is 49.7. The lowest BCUT2D eigenvalue weighted by atomic mass is 10.2. The van der Waals surface area contributed by atoms with Crippen LogP contribution in [0.15, 0.2) is 28.9 Å². The summed E-state index contributed by atoms with van der Waals surface area (Å²) in [5, 5.41) is 9.74. The van der Waals surface area contributed by atoms with Crippen LogP contribution in [0.3, 0.4) is 0 Å². The van der Waals surface area contributed by atoms with Crippen LogP contribution in [0.5, 0.6) is 0 Å². The van der Waals surface area contributed by atoms with Gasteiger partial charge in [-0.25, -0.2) is 0 Å². The summed E-state index contributed by atoms with van der Waals surface area (Å²) in [6.07, 6.45) is -3.06. The first-order valence-electron chi connectivity index (χ1n) is 8.97. The fraction of sp³-hybridized carbons (Fsp3) is 0.389. The smallest absolute Gasteiger partial charge is 0.375 e. The number of aromatic nitrogens is 5. The van der Waals surface area contributed by atoms with E-state index in [9.17, 15) is 18.0 Å². The van der Waals surface area contributed by atoms with E-state index in [1.54, 1.807) is 25.3 Å². The highest BCUT2D eigenvalue weighted by Gasteiger charge is 2.35. The third-order valence-corrected chi connectivity index (χ3v) is 4.09. The van der Waals surface area contributed by atoms with E-state index < -0.39 is 23.8 Å². The number of ether oxygens (including phenoxy) is 1. The van der Waals surface area contributed by atoms with Crippen molar-refractivity contribution < 1.29 is 27.2 Å². The molecule has 1 atom stereocenters. The largest absolute Gasteiger partial charge is 0.435 e. The zero-order valence-electron chi connectivity index (χ0n) is 16.4. The maximum atomic E-state index is 12.8. The number of hydrogen-bond donors (Lipinski definition) is 1.